The number of nitrogens with one attached hydrogen (secondary N) is 1. The number of nitro groups is 1. The zero-order valence-corrected chi connectivity index (χ0v) is 13.0. The molecule has 0 saturated heterocycles. The fraction of sp³-hybridized carbons (Fsp3) is 0.417. The summed E-state index contributed by atoms with van der Waals surface area (Å²) in [4.78, 5) is 21.4. The molecule has 1 aromatic carbocycles. The van der Waals surface area contributed by atoms with Crippen LogP contribution < -0.4 is 10.5 Å². The van der Waals surface area contributed by atoms with Gasteiger partial charge in [0.05, 0.1) is 9.95 Å². The normalized spacial score (nSPS) is 15.7. The molecule has 0 aliphatic heterocycles. The van der Waals surface area contributed by atoms with Crippen molar-refractivity contribution in [1.29, 1.82) is 0 Å². The lowest BCUT2D eigenvalue weighted by molar-refractivity contribution is -0.384. The van der Waals surface area contributed by atoms with Gasteiger partial charge in [0.25, 0.3) is 15.7 Å². The molecular weight excluding hydrogens is 334 g/mol. The van der Waals surface area contributed by atoms with E-state index in [2.05, 4.69) is 0 Å². The quantitative estimate of drug-likeness (QED) is 0.485. The van der Waals surface area contributed by atoms with Crippen LogP contribution in [0.15, 0.2) is 17.0 Å². The van der Waals surface area contributed by atoms with Gasteiger partial charge in [-0.3, -0.25) is 14.9 Å². The number of carbonyl (C=O) groups is 1. The van der Waals surface area contributed by atoms with E-state index in [4.69, 9.17) is 17.3 Å². The summed E-state index contributed by atoms with van der Waals surface area (Å²) in [5.41, 5.74) is 4.59. The molecule has 0 heterocycles. The van der Waals surface area contributed by atoms with Crippen molar-refractivity contribution in [3.05, 3.63) is 27.3 Å². The third-order valence-corrected chi connectivity index (χ3v) is 5.34. The van der Waals surface area contributed by atoms with Crippen LogP contribution in [0.1, 0.15) is 25.7 Å². The highest BCUT2D eigenvalue weighted by atomic mass is 35.5. The maximum absolute atomic E-state index is 12.2. The van der Waals surface area contributed by atoms with Crippen LogP contribution in [0.3, 0.4) is 0 Å². The fourth-order valence-electron chi connectivity index (χ4n) is 2.38. The van der Waals surface area contributed by atoms with Crippen LogP contribution >= 0.6 is 11.6 Å². The lowest BCUT2D eigenvalue weighted by atomic mass is 10.1. The Bertz CT molecular complexity index is 729. The number of hydrogen-bond donors (Lipinski definition) is 2. The van der Waals surface area contributed by atoms with E-state index in [0.29, 0.717) is 12.8 Å². The number of nitro benzene ring substituents is 1. The summed E-state index contributed by atoms with van der Waals surface area (Å²) >= 11 is 5.80. The summed E-state index contributed by atoms with van der Waals surface area (Å²) in [6, 6.07) is 1.73. The molecule has 0 atom stereocenters. The average molecular weight is 348 g/mol. The van der Waals surface area contributed by atoms with Gasteiger partial charge in [0.1, 0.15) is 10.6 Å². The fourth-order valence-corrected chi connectivity index (χ4v) is 3.98. The van der Waals surface area contributed by atoms with E-state index >= 15 is 0 Å². The van der Waals surface area contributed by atoms with Crippen LogP contribution in [0.2, 0.25) is 5.02 Å². The molecule has 3 N–H and O–H groups in total. The number of halogens is 1. The second kappa shape index (κ2) is 6.09. The smallest absolute Gasteiger partial charge is 0.293 e. The molecule has 0 aromatic heterocycles. The van der Waals surface area contributed by atoms with Gasteiger partial charge in [-0.05, 0) is 18.9 Å². The van der Waals surface area contributed by atoms with Gasteiger partial charge in [-0.2, -0.15) is 0 Å². The maximum Gasteiger partial charge on any atom is 0.293 e. The number of anilines is 1. The van der Waals surface area contributed by atoms with Crippen LogP contribution in [0, 0.1) is 16.0 Å². The molecule has 2 rings (SSSR count). The van der Waals surface area contributed by atoms with Crippen LogP contribution in [0.5, 0.6) is 0 Å². The number of nitrogens with two attached hydrogens (primary N) is 1. The minimum absolute atomic E-state index is 0.254. The zero-order chi connectivity index (χ0) is 16.5. The van der Waals surface area contributed by atoms with Crippen molar-refractivity contribution < 1.29 is 18.1 Å². The number of carbonyl (C=O) groups excluding carboxylic acids is 1. The molecule has 0 bridgehead atoms. The monoisotopic (exact) mass is 347 g/mol. The van der Waals surface area contributed by atoms with E-state index in [-0.39, 0.29) is 16.6 Å². The first-order valence-electron chi connectivity index (χ1n) is 6.52. The summed E-state index contributed by atoms with van der Waals surface area (Å²) in [7, 11) is -4.29. The van der Waals surface area contributed by atoms with Crippen LogP contribution in [0.4, 0.5) is 11.4 Å². The highest BCUT2D eigenvalue weighted by Crippen LogP contribution is 2.32. The van der Waals surface area contributed by atoms with Gasteiger partial charge in [0.2, 0.25) is 5.91 Å². The maximum atomic E-state index is 12.2. The van der Waals surface area contributed by atoms with Crippen LogP contribution in [-0.4, -0.2) is 19.2 Å². The lowest BCUT2D eigenvalue weighted by Gasteiger charge is -2.12. The average Bonchev–Trinajstić information content (AvgIpc) is 2.90. The summed E-state index contributed by atoms with van der Waals surface area (Å²) < 4.78 is 26.4. The second-order valence-corrected chi connectivity index (χ2v) is 7.11. The number of hydrogen-bond acceptors (Lipinski definition) is 6. The molecule has 120 valence electrons. The SMILES string of the molecule is Nc1cc(Cl)c(S(=O)(=O)NC(=O)C2CCCC2)cc1[N+](=O)[O-]. The van der Waals surface area contributed by atoms with Crippen LogP contribution in [-0.2, 0) is 14.8 Å². The molecule has 8 nitrogen and oxygen atoms in total. The molecule has 1 aliphatic rings. The van der Waals surface area contributed by atoms with Gasteiger partial charge in [-0.15, -0.1) is 0 Å². The molecule has 1 saturated carbocycles. The number of rotatable bonds is 4. The van der Waals surface area contributed by atoms with Crippen molar-refractivity contribution in [3.63, 3.8) is 0 Å². The van der Waals surface area contributed by atoms with E-state index in [9.17, 15) is 23.3 Å². The Labute approximate surface area is 131 Å². The van der Waals surface area contributed by atoms with E-state index in [1.54, 1.807) is 0 Å². The molecule has 0 unspecified atom stereocenters. The number of nitrogen functional groups attached to an aromatic ring is 1. The number of nitrogens with zero attached hydrogens (tertiary/aromatic N) is 1. The molecular formula is C12H14ClN3O5S. The van der Waals surface area contributed by atoms with E-state index < -0.39 is 31.4 Å². The Hall–Kier alpha value is -1.87. The van der Waals surface area contributed by atoms with Gasteiger partial charge in [0, 0.05) is 12.0 Å². The first-order valence-corrected chi connectivity index (χ1v) is 8.38. The first kappa shape index (κ1) is 16.5. The topological polar surface area (TPSA) is 132 Å². The summed E-state index contributed by atoms with van der Waals surface area (Å²) in [6.45, 7) is 0. The van der Waals surface area contributed by atoms with E-state index in [1.165, 1.54) is 0 Å². The summed E-state index contributed by atoms with van der Waals surface area (Å²) in [5, 5.41) is 10.6. The number of sulfonamides is 1. The highest BCUT2D eigenvalue weighted by Gasteiger charge is 2.30. The minimum atomic E-state index is -4.29. The molecule has 10 heteroatoms. The Kier molecular flexibility index (Phi) is 4.57. The second-order valence-electron chi connectivity index (χ2n) is 5.05. The molecule has 22 heavy (non-hydrogen) atoms. The first-order chi connectivity index (χ1) is 10.2. The van der Waals surface area contributed by atoms with Crippen molar-refractivity contribution in [1.82, 2.24) is 4.72 Å². The lowest BCUT2D eigenvalue weighted by Crippen LogP contribution is -2.35. The van der Waals surface area contributed by atoms with Gasteiger partial charge >= 0.3 is 0 Å². The van der Waals surface area contributed by atoms with Gasteiger partial charge < -0.3 is 5.73 Å². The predicted molar refractivity (Wildman–Crippen MR) is 79.8 cm³/mol. The van der Waals surface area contributed by atoms with Crippen molar-refractivity contribution in [2.45, 2.75) is 30.6 Å². The molecule has 1 amide bonds. The number of benzene rings is 1. The molecule has 1 aliphatic carbocycles. The van der Waals surface area contributed by atoms with Gasteiger partial charge in [-0.25, -0.2) is 13.1 Å². The van der Waals surface area contributed by atoms with Crippen molar-refractivity contribution in [2.24, 2.45) is 5.92 Å². The largest absolute Gasteiger partial charge is 0.393 e. The molecule has 1 fully saturated rings. The van der Waals surface area contributed by atoms with Crippen molar-refractivity contribution in [2.75, 3.05) is 5.73 Å². The van der Waals surface area contributed by atoms with Gasteiger partial charge in [0.15, 0.2) is 0 Å². The Morgan fingerprint density at radius 3 is 2.50 bits per heavy atom. The standard InChI is InChI=1S/C12H14ClN3O5S/c13-8-5-9(14)10(16(18)19)6-11(8)22(20,21)15-12(17)7-3-1-2-4-7/h5-7H,1-4,14H2,(H,15,17). The third kappa shape index (κ3) is 3.30. The Balaban J connectivity index is 2.34. The molecule has 1 aromatic rings. The molecule has 0 spiro atoms. The predicted octanol–water partition coefficient (Wildman–Crippen LogP) is 1.83. The zero-order valence-electron chi connectivity index (χ0n) is 11.4. The van der Waals surface area contributed by atoms with E-state index in [1.807, 2.05) is 4.72 Å². The Morgan fingerprint density at radius 1 is 1.36 bits per heavy atom. The van der Waals surface area contributed by atoms with E-state index in [0.717, 1.165) is 25.0 Å². The minimum Gasteiger partial charge on any atom is -0.393 e. The molecule has 0 radical (unpaired) electrons. The summed E-state index contributed by atoms with van der Waals surface area (Å²) in [6.07, 6.45) is 2.98. The van der Waals surface area contributed by atoms with Gasteiger partial charge in [-0.1, -0.05) is 24.4 Å². The van der Waals surface area contributed by atoms with Crippen molar-refractivity contribution in [3.8, 4) is 0 Å². The number of amides is 1. The Morgan fingerprint density at radius 2 is 1.95 bits per heavy atom. The summed E-state index contributed by atoms with van der Waals surface area (Å²) in [5.74, 6) is -0.981. The van der Waals surface area contributed by atoms with Crippen molar-refractivity contribution >= 4 is 38.9 Å². The third-order valence-electron chi connectivity index (χ3n) is 3.53. The highest BCUT2D eigenvalue weighted by molar-refractivity contribution is 7.90. The van der Waals surface area contributed by atoms with Crippen LogP contribution in [0.25, 0.3) is 0 Å².